The van der Waals surface area contributed by atoms with E-state index in [1.165, 1.54) is 0 Å². The molecular weight excluding hydrogens is 238 g/mol. The van der Waals surface area contributed by atoms with Crippen molar-refractivity contribution in [3.8, 4) is 0 Å². The van der Waals surface area contributed by atoms with Gasteiger partial charge in [0.25, 0.3) is 0 Å². The number of amides is 2. The molecule has 2 amide bonds. The molecule has 0 spiro atoms. The fourth-order valence-electron chi connectivity index (χ4n) is 3.37. The van der Waals surface area contributed by atoms with Gasteiger partial charge in [0.1, 0.15) is 0 Å². The number of allylic oxidation sites excluding steroid dienone is 1. The van der Waals surface area contributed by atoms with E-state index in [1.54, 1.807) is 0 Å². The number of rotatable bonds is 5. The topological polar surface area (TPSA) is 46.2 Å². The van der Waals surface area contributed by atoms with Crippen molar-refractivity contribution in [1.82, 2.24) is 5.32 Å². The Hall–Kier alpha value is -1.12. The highest BCUT2D eigenvalue weighted by atomic mass is 16.2. The van der Waals surface area contributed by atoms with E-state index in [4.69, 9.17) is 0 Å². The fourth-order valence-corrected chi connectivity index (χ4v) is 3.37. The highest BCUT2D eigenvalue weighted by Gasteiger charge is 2.32. The summed E-state index contributed by atoms with van der Waals surface area (Å²) in [6.45, 7) is 15.3. The van der Waals surface area contributed by atoms with Crippen LogP contribution in [0.25, 0.3) is 0 Å². The minimum absolute atomic E-state index is 0.139. The molecule has 19 heavy (non-hydrogen) atoms. The Morgan fingerprint density at radius 1 is 1.26 bits per heavy atom. The molecule has 0 saturated carbocycles. The van der Waals surface area contributed by atoms with Crippen LogP contribution in [0.3, 0.4) is 0 Å². The van der Waals surface area contributed by atoms with Crippen LogP contribution in [0.4, 0.5) is 0 Å². The number of hydrogen-bond acceptors (Lipinski definition) is 2. The van der Waals surface area contributed by atoms with Gasteiger partial charge in [0.05, 0.1) is 5.92 Å². The molecule has 0 aromatic carbocycles. The minimum atomic E-state index is -0.203. The van der Waals surface area contributed by atoms with Gasteiger partial charge >= 0.3 is 0 Å². The summed E-state index contributed by atoms with van der Waals surface area (Å²) in [5.74, 6) is -0.498. The molecule has 3 nitrogen and oxygen atoms in total. The van der Waals surface area contributed by atoms with Gasteiger partial charge in [-0.2, -0.15) is 0 Å². The standard InChI is InChI=1S/C16H27NO2/c1-11(7-12-8-13(18)17-14(12)19)9-16(5,6)10-15(2,3)4/h12H,1,7-10H2,2-6H3,(H,17,18,19). The SMILES string of the molecule is C=C(CC1CC(=O)NC1=O)CC(C)(C)CC(C)(C)C. The van der Waals surface area contributed by atoms with Crippen LogP contribution in [0.5, 0.6) is 0 Å². The predicted molar refractivity (Wildman–Crippen MR) is 77.5 cm³/mol. The molecule has 1 heterocycles. The number of hydrogen-bond donors (Lipinski definition) is 1. The summed E-state index contributed by atoms with van der Waals surface area (Å²) in [5, 5.41) is 2.35. The van der Waals surface area contributed by atoms with Crippen molar-refractivity contribution in [3.05, 3.63) is 12.2 Å². The first kappa shape index (κ1) is 15.9. The monoisotopic (exact) mass is 265 g/mol. The molecule has 1 aliphatic rings. The lowest BCUT2D eigenvalue weighted by atomic mass is 9.72. The molecular formula is C16H27NO2. The Morgan fingerprint density at radius 2 is 1.84 bits per heavy atom. The van der Waals surface area contributed by atoms with Gasteiger partial charge in [0.2, 0.25) is 11.8 Å². The first-order valence-corrected chi connectivity index (χ1v) is 6.99. The van der Waals surface area contributed by atoms with Crippen LogP contribution in [0.1, 0.15) is 60.3 Å². The average molecular weight is 265 g/mol. The second-order valence-corrected chi connectivity index (χ2v) is 7.85. The van der Waals surface area contributed by atoms with E-state index in [2.05, 4.69) is 46.5 Å². The highest BCUT2D eigenvalue weighted by Crippen LogP contribution is 2.38. The molecule has 0 aromatic heterocycles. The number of carbonyl (C=O) groups excluding carboxylic acids is 2. The van der Waals surface area contributed by atoms with Crippen molar-refractivity contribution in [2.45, 2.75) is 60.3 Å². The van der Waals surface area contributed by atoms with Gasteiger partial charge in [-0.25, -0.2) is 0 Å². The van der Waals surface area contributed by atoms with E-state index in [0.717, 1.165) is 18.4 Å². The number of carbonyl (C=O) groups is 2. The molecule has 1 unspecified atom stereocenters. The third-order valence-corrected chi connectivity index (χ3v) is 3.34. The van der Waals surface area contributed by atoms with Gasteiger partial charge in [-0.3, -0.25) is 14.9 Å². The van der Waals surface area contributed by atoms with Gasteiger partial charge in [-0.15, -0.1) is 0 Å². The number of imide groups is 1. The van der Waals surface area contributed by atoms with Gasteiger partial charge in [-0.05, 0) is 30.1 Å². The summed E-state index contributed by atoms with van der Waals surface area (Å²) in [6, 6.07) is 0. The van der Waals surface area contributed by atoms with Crippen molar-refractivity contribution in [3.63, 3.8) is 0 Å². The van der Waals surface area contributed by atoms with Crippen molar-refractivity contribution in [2.24, 2.45) is 16.7 Å². The summed E-state index contributed by atoms with van der Waals surface area (Å²) >= 11 is 0. The minimum Gasteiger partial charge on any atom is -0.296 e. The highest BCUT2D eigenvalue weighted by molar-refractivity contribution is 6.03. The number of nitrogens with one attached hydrogen (secondary N) is 1. The Morgan fingerprint density at radius 3 is 2.26 bits per heavy atom. The Balaban J connectivity index is 2.51. The molecule has 0 bridgehead atoms. The van der Waals surface area contributed by atoms with Crippen LogP contribution >= 0.6 is 0 Å². The first-order valence-electron chi connectivity index (χ1n) is 6.99. The lowest BCUT2D eigenvalue weighted by molar-refractivity contribution is -0.125. The van der Waals surface area contributed by atoms with Crippen LogP contribution in [0.2, 0.25) is 0 Å². The summed E-state index contributed by atoms with van der Waals surface area (Å²) in [7, 11) is 0. The second-order valence-electron chi connectivity index (χ2n) is 7.85. The summed E-state index contributed by atoms with van der Waals surface area (Å²) in [5.41, 5.74) is 1.53. The van der Waals surface area contributed by atoms with Crippen LogP contribution in [-0.2, 0) is 9.59 Å². The van der Waals surface area contributed by atoms with Gasteiger partial charge in [0, 0.05) is 6.42 Å². The molecule has 0 aliphatic carbocycles. The molecule has 3 heteroatoms. The molecule has 0 aromatic rings. The van der Waals surface area contributed by atoms with Crippen LogP contribution < -0.4 is 5.32 Å². The fraction of sp³-hybridized carbons (Fsp3) is 0.750. The molecule has 108 valence electrons. The maximum atomic E-state index is 11.5. The predicted octanol–water partition coefficient (Wildman–Crippen LogP) is 3.45. The van der Waals surface area contributed by atoms with E-state index in [0.29, 0.717) is 12.8 Å². The smallest absolute Gasteiger partial charge is 0.230 e. The molecule has 1 fully saturated rings. The van der Waals surface area contributed by atoms with Crippen LogP contribution in [0, 0.1) is 16.7 Å². The van der Waals surface area contributed by atoms with Crippen LogP contribution in [-0.4, -0.2) is 11.8 Å². The normalized spacial score (nSPS) is 20.6. The van der Waals surface area contributed by atoms with Crippen LogP contribution in [0.15, 0.2) is 12.2 Å². The summed E-state index contributed by atoms with van der Waals surface area (Å²) in [6.07, 6.45) is 2.96. The van der Waals surface area contributed by atoms with E-state index in [-0.39, 0.29) is 28.6 Å². The maximum absolute atomic E-state index is 11.5. The van der Waals surface area contributed by atoms with Gasteiger partial charge < -0.3 is 0 Å². The third kappa shape index (κ3) is 5.58. The lowest BCUT2D eigenvalue weighted by Crippen LogP contribution is -2.23. The molecule has 1 rings (SSSR count). The van der Waals surface area contributed by atoms with Crippen molar-refractivity contribution >= 4 is 11.8 Å². The summed E-state index contributed by atoms with van der Waals surface area (Å²) < 4.78 is 0. The largest absolute Gasteiger partial charge is 0.296 e. The summed E-state index contributed by atoms with van der Waals surface area (Å²) in [4.78, 5) is 22.7. The van der Waals surface area contributed by atoms with E-state index >= 15 is 0 Å². The lowest BCUT2D eigenvalue weighted by Gasteiger charge is -2.33. The quantitative estimate of drug-likeness (QED) is 0.611. The molecule has 1 N–H and O–H groups in total. The maximum Gasteiger partial charge on any atom is 0.230 e. The Bertz CT molecular complexity index is 388. The van der Waals surface area contributed by atoms with Gasteiger partial charge in [0.15, 0.2) is 0 Å². The molecule has 0 radical (unpaired) electrons. The van der Waals surface area contributed by atoms with Crippen molar-refractivity contribution < 1.29 is 9.59 Å². The van der Waals surface area contributed by atoms with Gasteiger partial charge in [-0.1, -0.05) is 46.8 Å². The van der Waals surface area contributed by atoms with E-state index < -0.39 is 0 Å². The molecule has 1 atom stereocenters. The Labute approximate surface area is 116 Å². The molecule has 1 aliphatic heterocycles. The Kier molecular flexibility index (Phi) is 4.59. The first-order chi connectivity index (χ1) is 8.48. The zero-order valence-electron chi connectivity index (χ0n) is 12.9. The third-order valence-electron chi connectivity index (χ3n) is 3.34. The van der Waals surface area contributed by atoms with Crippen molar-refractivity contribution in [2.75, 3.05) is 0 Å². The van der Waals surface area contributed by atoms with Crippen molar-refractivity contribution in [1.29, 1.82) is 0 Å². The zero-order valence-corrected chi connectivity index (χ0v) is 12.9. The zero-order chi connectivity index (χ0) is 14.8. The van der Waals surface area contributed by atoms with E-state index in [9.17, 15) is 9.59 Å². The molecule has 1 saturated heterocycles. The van der Waals surface area contributed by atoms with E-state index in [1.807, 2.05) is 0 Å². The average Bonchev–Trinajstić information content (AvgIpc) is 2.38. The second kappa shape index (κ2) is 5.48.